The zero-order valence-corrected chi connectivity index (χ0v) is 14.7. The molecule has 2 heterocycles. The lowest BCUT2D eigenvalue weighted by atomic mass is 9.95. The lowest BCUT2D eigenvalue weighted by Crippen LogP contribution is -2.22. The number of halogens is 1. The third-order valence-corrected chi connectivity index (χ3v) is 4.92. The molecule has 0 spiro atoms. The van der Waals surface area contributed by atoms with Crippen molar-refractivity contribution in [3.8, 4) is 0 Å². The Labute approximate surface area is 148 Å². The fourth-order valence-electron chi connectivity index (χ4n) is 2.24. The summed E-state index contributed by atoms with van der Waals surface area (Å²) >= 11 is 7.51. The Morgan fingerprint density at radius 2 is 2.12 bits per heavy atom. The second-order valence-electron chi connectivity index (χ2n) is 5.49. The van der Waals surface area contributed by atoms with Gasteiger partial charge in [-0.2, -0.15) is 4.98 Å². The number of nitrogens with one attached hydrogen (secondary N) is 1. The van der Waals surface area contributed by atoms with Gasteiger partial charge >= 0.3 is 0 Å². The predicted molar refractivity (Wildman–Crippen MR) is 96.7 cm³/mol. The number of benzene rings is 1. The van der Waals surface area contributed by atoms with Crippen molar-refractivity contribution in [1.82, 2.24) is 15.0 Å². The van der Waals surface area contributed by atoms with Crippen molar-refractivity contribution in [3.05, 3.63) is 57.1 Å². The van der Waals surface area contributed by atoms with Crippen LogP contribution in [-0.2, 0) is 5.60 Å². The summed E-state index contributed by atoms with van der Waals surface area (Å²) in [5.41, 5.74) is 6.88. The number of anilines is 3. The number of aryl methyl sites for hydroxylation is 1. The Morgan fingerprint density at radius 1 is 1.33 bits per heavy atom. The number of nitrogen functional groups attached to an aromatic ring is 1. The number of hydrogen-bond acceptors (Lipinski definition) is 7. The largest absolute Gasteiger partial charge is 0.378 e. The molecule has 4 N–H and O–H groups in total. The molecule has 3 aromatic rings. The minimum atomic E-state index is -1.19. The van der Waals surface area contributed by atoms with E-state index < -0.39 is 5.60 Å². The van der Waals surface area contributed by atoms with Crippen LogP contribution in [0.3, 0.4) is 0 Å². The molecule has 1 unspecified atom stereocenters. The fourth-order valence-corrected chi connectivity index (χ4v) is 3.10. The Kier molecular flexibility index (Phi) is 4.40. The molecule has 0 aliphatic carbocycles. The van der Waals surface area contributed by atoms with E-state index in [0.717, 1.165) is 11.3 Å². The van der Waals surface area contributed by atoms with Crippen molar-refractivity contribution >= 4 is 40.4 Å². The normalized spacial score (nSPS) is 13.5. The van der Waals surface area contributed by atoms with Gasteiger partial charge in [0.2, 0.25) is 5.95 Å². The van der Waals surface area contributed by atoms with Crippen LogP contribution in [-0.4, -0.2) is 20.1 Å². The van der Waals surface area contributed by atoms with Gasteiger partial charge in [0, 0.05) is 17.3 Å². The molecule has 6 nitrogen and oxygen atoms in total. The molecular formula is C16H16ClN5OS. The number of nitrogens with zero attached hydrogens (tertiary/aromatic N) is 3. The zero-order chi connectivity index (χ0) is 17.3. The Hall–Kier alpha value is -2.22. The van der Waals surface area contributed by atoms with E-state index in [0.29, 0.717) is 21.4 Å². The van der Waals surface area contributed by atoms with Gasteiger partial charge in [-0.25, -0.2) is 9.97 Å². The van der Waals surface area contributed by atoms with Crippen LogP contribution in [0.5, 0.6) is 0 Å². The molecule has 0 aliphatic rings. The van der Waals surface area contributed by atoms with E-state index in [-0.39, 0.29) is 5.95 Å². The molecule has 3 rings (SSSR count). The quantitative estimate of drug-likeness (QED) is 0.658. The van der Waals surface area contributed by atoms with Crippen LogP contribution < -0.4 is 11.1 Å². The van der Waals surface area contributed by atoms with Crippen LogP contribution in [0.4, 0.5) is 17.5 Å². The van der Waals surface area contributed by atoms with Crippen molar-refractivity contribution in [1.29, 1.82) is 0 Å². The smallest absolute Gasteiger partial charge is 0.222 e. The molecule has 2 aromatic heterocycles. The van der Waals surface area contributed by atoms with Gasteiger partial charge in [0.25, 0.3) is 0 Å². The molecule has 1 atom stereocenters. The minimum Gasteiger partial charge on any atom is -0.378 e. The SMILES string of the molecule is Cc1ccc(C(C)(O)c2nccs2)cc1Nc1nc(N)ncc1Cl. The second-order valence-corrected chi connectivity index (χ2v) is 6.79. The summed E-state index contributed by atoms with van der Waals surface area (Å²) in [5, 5.41) is 16.8. The van der Waals surface area contributed by atoms with Gasteiger partial charge in [-0.05, 0) is 31.0 Å². The van der Waals surface area contributed by atoms with E-state index in [1.165, 1.54) is 17.5 Å². The molecule has 0 bridgehead atoms. The number of hydrogen-bond donors (Lipinski definition) is 3. The molecule has 0 radical (unpaired) electrons. The third-order valence-electron chi connectivity index (χ3n) is 3.66. The van der Waals surface area contributed by atoms with Crippen LogP contribution in [0.1, 0.15) is 23.1 Å². The summed E-state index contributed by atoms with van der Waals surface area (Å²) in [7, 11) is 0. The summed E-state index contributed by atoms with van der Waals surface area (Å²) in [5.74, 6) is 0.545. The van der Waals surface area contributed by atoms with Crippen molar-refractivity contribution in [2.45, 2.75) is 19.4 Å². The lowest BCUT2D eigenvalue weighted by Gasteiger charge is -2.23. The number of aromatic nitrogens is 3. The van der Waals surface area contributed by atoms with Crippen molar-refractivity contribution in [2.75, 3.05) is 11.1 Å². The van der Waals surface area contributed by atoms with Crippen LogP contribution in [0.25, 0.3) is 0 Å². The molecule has 0 fully saturated rings. The van der Waals surface area contributed by atoms with Crippen molar-refractivity contribution in [3.63, 3.8) is 0 Å². The van der Waals surface area contributed by atoms with Crippen LogP contribution in [0, 0.1) is 6.92 Å². The molecule has 1 aromatic carbocycles. The summed E-state index contributed by atoms with van der Waals surface area (Å²) in [6.07, 6.45) is 3.11. The topological polar surface area (TPSA) is 97.0 Å². The predicted octanol–water partition coefficient (Wildman–Crippen LogP) is 3.48. The summed E-state index contributed by atoms with van der Waals surface area (Å²) in [4.78, 5) is 12.2. The van der Waals surface area contributed by atoms with Crippen LogP contribution in [0.15, 0.2) is 36.0 Å². The van der Waals surface area contributed by atoms with Gasteiger partial charge in [-0.15, -0.1) is 11.3 Å². The molecule has 0 amide bonds. The molecule has 124 valence electrons. The Morgan fingerprint density at radius 3 is 2.83 bits per heavy atom. The summed E-state index contributed by atoms with van der Waals surface area (Å²) in [6.45, 7) is 3.67. The molecule has 0 aliphatic heterocycles. The first-order valence-corrected chi connectivity index (χ1v) is 8.42. The standard InChI is InChI=1S/C16H16ClN5OS/c1-9-3-4-10(16(2,23)14-19-5-6-24-14)7-12(9)21-13-11(17)8-20-15(18)22-13/h3-8,23H,1-2H3,(H3,18,20,21,22). The van der Waals surface area contributed by atoms with Crippen LogP contribution in [0.2, 0.25) is 5.02 Å². The van der Waals surface area contributed by atoms with Crippen molar-refractivity contribution in [2.24, 2.45) is 0 Å². The average Bonchev–Trinajstić information content (AvgIpc) is 3.08. The first-order valence-electron chi connectivity index (χ1n) is 7.16. The highest BCUT2D eigenvalue weighted by atomic mass is 35.5. The van der Waals surface area contributed by atoms with E-state index in [1.54, 1.807) is 13.1 Å². The number of nitrogens with two attached hydrogens (primary N) is 1. The van der Waals surface area contributed by atoms with Crippen LogP contribution >= 0.6 is 22.9 Å². The fraction of sp³-hybridized carbons (Fsp3) is 0.188. The number of aliphatic hydroxyl groups is 1. The maximum absolute atomic E-state index is 10.9. The summed E-state index contributed by atoms with van der Waals surface area (Å²) in [6, 6.07) is 5.64. The highest BCUT2D eigenvalue weighted by Crippen LogP contribution is 2.34. The Balaban J connectivity index is 1.99. The highest BCUT2D eigenvalue weighted by molar-refractivity contribution is 7.09. The van der Waals surface area contributed by atoms with E-state index in [2.05, 4.69) is 20.3 Å². The van der Waals surface area contributed by atoms with Gasteiger partial charge in [-0.1, -0.05) is 23.7 Å². The first-order chi connectivity index (χ1) is 11.4. The van der Waals surface area contributed by atoms with Gasteiger partial charge in [-0.3, -0.25) is 0 Å². The third kappa shape index (κ3) is 3.19. The van der Waals surface area contributed by atoms with E-state index in [9.17, 15) is 5.11 Å². The monoisotopic (exact) mass is 361 g/mol. The number of rotatable bonds is 4. The Bertz CT molecular complexity index is 867. The van der Waals surface area contributed by atoms with Gasteiger partial charge in [0.15, 0.2) is 5.82 Å². The second kappa shape index (κ2) is 6.35. The molecule has 0 saturated carbocycles. The van der Waals surface area contributed by atoms with Gasteiger partial charge < -0.3 is 16.2 Å². The number of thiazole rings is 1. The summed E-state index contributed by atoms with van der Waals surface area (Å²) < 4.78 is 0. The van der Waals surface area contributed by atoms with Gasteiger partial charge in [0.05, 0.1) is 6.20 Å². The first kappa shape index (κ1) is 16.6. The lowest BCUT2D eigenvalue weighted by molar-refractivity contribution is 0.102. The maximum Gasteiger partial charge on any atom is 0.222 e. The molecular weight excluding hydrogens is 346 g/mol. The van der Waals surface area contributed by atoms with E-state index in [1.807, 2.05) is 30.5 Å². The van der Waals surface area contributed by atoms with Gasteiger partial charge in [0.1, 0.15) is 15.6 Å². The molecule has 8 heteroatoms. The average molecular weight is 362 g/mol. The maximum atomic E-state index is 10.9. The molecule has 24 heavy (non-hydrogen) atoms. The van der Waals surface area contributed by atoms with E-state index in [4.69, 9.17) is 17.3 Å². The zero-order valence-electron chi connectivity index (χ0n) is 13.1. The minimum absolute atomic E-state index is 0.130. The van der Waals surface area contributed by atoms with E-state index >= 15 is 0 Å². The van der Waals surface area contributed by atoms with Crippen molar-refractivity contribution < 1.29 is 5.11 Å². The highest BCUT2D eigenvalue weighted by Gasteiger charge is 2.29. The molecule has 0 saturated heterocycles.